The molecule has 2 aromatic rings. The van der Waals surface area contributed by atoms with Gasteiger partial charge >= 0.3 is 0 Å². The number of imidazole rings is 1. The van der Waals surface area contributed by atoms with Gasteiger partial charge in [-0.25, -0.2) is 23.1 Å². The van der Waals surface area contributed by atoms with Gasteiger partial charge in [0.15, 0.2) is 5.03 Å². The molecule has 0 fully saturated rings. The third kappa shape index (κ3) is 4.02. The number of nitrogens with one attached hydrogen (secondary N) is 2. The summed E-state index contributed by atoms with van der Waals surface area (Å²) in [5.74, 6) is 0. The molecule has 2 rings (SSSR count). The number of pyridine rings is 1. The fraction of sp³-hybridized carbons (Fsp3) is 0.385. The molecule has 114 valence electrons. The standard InChI is InChI=1S/C13H19N5O2S/c1-3-15-12-5-4-6-16-13(12)21(19,20)17-11(2)9-18-8-7-14-10-18/h4-8,10-11,15,17H,3,9H2,1-2H3. The van der Waals surface area contributed by atoms with E-state index in [1.165, 1.54) is 6.20 Å². The fourth-order valence-electron chi connectivity index (χ4n) is 2.00. The average Bonchev–Trinajstić information content (AvgIpc) is 2.91. The van der Waals surface area contributed by atoms with Crippen LogP contribution in [0.25, 0.3) is 0 Å². The van der Waals surface area contributed by atoms with E-state index in [2.05, 4.69) is 20.0 Å². The second-order valence-electron chi connectivity index (χ2n) is 4.67. The van der Waals surface area contributed by atoms with Gasteiger partial charge in [0.2, 0.25) is 0 Å². The normalized spacial score (nSPS) is 13.0. The molecule has 0 bridgehead atoms. The van der Waals surface area contributed by atoms with Crippen molar-refractivity contribution >= 4 is 15.7 Å². The minimum absolute atomic E-state index is 0.0179. The Bertz CT molecular complexity index is 670. The highest BCUT2D eigenvalue weighted by molar-refractivity contribution is 7.89. The number of aromatic nitrogens is 3. The first kappa shape index (κ1) is 15.5. The first-order chi connectivity index (χ1) is 10.0. The molecule has 21 heavy (non-hydrogen) atoms. The van der Waals surface area contributed by atoms with Crippen molar-refractivity contribution in [2.45, 2.75) is 31.5 Å². The van der Waals surface area contributed by atoms with E-state index in [1.54, 1.807) is 37.8 Å². The molecule has 0 radical (unpaired) electrons. The number of hydrogen-bond acceptors (Lipinski definition) is 5. The first-order valence-electron chi connectivity index (χ1n) is 6.70. The quantitative estimate of drug-likeness (QED) is 0.799. The van der Waals surface area contributed by atoms with Gasteiger partial charge in [0.05, 0.1) is 12.0 Å². The molecule has 0 aromatic carbocycles. The number of sulfonamides is 1. The second kappa shape index (κ2) is 6.68. The lowest BCUT2D eigenvalue weighted by Crippen LogP contribution is -2.36. The predicted octanol–water partition coefficient (Wildman–Crippen LogP) is 1.08. The molecule has 0 aliphatic carbocycles. The van der Waals surface area contributed by atoms with Crippen LogP contribution in [0.2, 0.25) is 0 Å². The minimum Gasteiger partial charge on any atom is -0.383 e. The summed E-state index contributed by atoms with van der Waals surface area (Å²) in [6.07, 6.45) is 6.56. The van der Waals surface area contributed by atoms with Crippen LogP contribution in [-0.4, -0.2) is 35.5 Å². The Hall–Kier alpha value is -1.93. The molecule has 2 heterocycles. The van der Waals surface area contributed by atoms with E-state index in [0.29, 0.717) is 18.8 Å². The van der Waals surface area contributed by atoms with Gasteiger partial charge in [-0.05, 0) is 26.0 Å². The SMILES string of the molecule is CCNc1cccnc1S(=O)(=O)NC(C)Cn1ccnc1. The predicted molar refractivity (Wildman–Crippen MR) is 80.4 cm³/mol. The van der Waals surface area contributed by atoms with E-state index in [9.17, 15) is 8.42 Å². The van der Waals surface area contributed by atoms with Crippen LogP contribution in [0.15, 0.2) is 42.1 Å². The van der Waals surface area contributed by atoms with Crippen molar-refractivity contribution in [1.29, 1.82) is 0 Å². The first-order valence-corrected chi connectivity index (χ1v) is 8.18. The molecule has 1 atom stereocenters. The van der Waals surface area contributed by atoms with Crippen molar-refractivity contribution in [3.05, 3.63) is 37.1 Å². The van der Waals surface area contributed by atoms with Gasteiger partial charge in [-0.2, -0.15) is 0 Å². The van der Waals surface area contributed by atoms with Crippen molar-refractivity contribution in [3.63, 3.8) is 0 Å². The molecule has 0 aliphatic rings. The number of rotatable bonds is 7. The molecule has 0 spiro atoms. The van der Waals surface area contributed by atoms with E-state index in [-0.39, 0.29) is 11.1 Å². The minimum atomic E-state index is -3.67. The number of anilines is 1. The Kier molecular flexibility index (Phi) is 4.92. The van der Waals surface area contributed by atoms with E-state index < -0.39 is 10.0 Å². The highest BCUT2D eigenvalue weighted by Gasteiger charge is 2.22. The highest BCUT2D eigenvalue weighted by atomic mass is 32.2. The second-order valence-corrected chi connectivity index (χ2v) is 6.30. The largest absolute Gasteiger partial charge is 0.383 e. The van der Waals surface area contributed by atoms with Crippen molar-refractivity contribution in [1.82, 2.24) is 19.3 Å². The Morgan fingerprint density at radius 1 is 1.38 bits per heavy atom. The summed E-state index contributed by atoms with van der Waals surface area (Å²) in [6, 6.07) is 3.12. The molecule has 0 saturated heterocycles. The Morgan fingerprint density at radius 3 is 2.86 bits per heavy atom. The van der Waals surface area contributed by atoms with Gasteiger partial charge in [0.25, 0.3) is 10.0 Å². The Morgan fingerprint density at radius 2 is 2.19 bits per heavy atom. The smallest absolute Gasteiger partial charge is 0.260 e. The molecular weight excluding hydrogens is 290 g/mol. The monoisotopic (exact) mass is 309 g/mol. The Balaban J connectivity index is 2.14. The van der Waals surface area contributed by atoms with Crippen LogP contribution in [0.4, 0.5) is 5.69 Å². The third-order valence-electron chi connectivity index (χ3n) is 2.79. The van der Waals surface area contributed by atoms with Gasteiger partial charge in [-0.1, -0.05) is 0 Å². The molecule has 2 aromatic heterocycles. The summed E-state index contributed by atoms with van der Waals surface area (Å²) < 4.78 is 29.3. The topological polar surface area (TPSA) is 88.9 Å². The van der Waals surface area contributed by atoms with Crippen molar-refractivity contribution in [2.75, 3.05) is 11.9 Å². The van der Waals surface area contributed by atoms with Crippen LogP contribution in [-0.2, 0) is 16.6 Å². The number of hydrogen-bond donors (Lipinski definition) is 2. The molecule has 1 unspecified atom stereocenters. The lowest BCUT2D eigenvalue weighted by molar-refractivity contribution is 0.518. The maximum Gasteiger partial charge on any atom is 0.260 e. The summed E-state index contributed by atoms with van der Waals surface area (Å²) in [4.78, 5) is 7.92. The lowest BCUT2D eigenvalue weighted by Gasteiger charge is -2.16. The summed E-state index contributed by atoms with van der Waals surface area (Å²) >= 11 is 0. The van der Waals surface area contributed by atoms with Gasteiger partial charge in [0, 0.05) is 37.7 Å². The van der Waals surface area contributed by atoms with Crippen LogP contribution < -0.4 is 10.0 Å². The van der Waals surface area contributed by atoms with Crippen LogP contribution in [0.1, 0.15) is 13.8 Å². The van der Waals surface area contributed by atoms with E-state index in [1.807, 2.05) is 11.5 Å². The maximum atomic E-state index is 12.4. The summed E-state index contributed by atoms with van der Waals surface area (Å²) in [7, 11) is -3.67. The van der Waals surface area contributed by atoms with Crippen LogP contribution >= 0.6 is 0 Å². The third-order valence-corrected chi connectivity index (χ3v) is 4.34. The molecule has 0 aliphatic heterocycles. The molecule has 7 nitrogen and oxygen atoms in total. The molecule has 0 amide bonds. The van der Waals surface area contributed by atoms with Crippen molar-refractivity contribution in [3.8, 4) is 0 Å². The molecule has 0 saturated carbocycles. The zero-order valence-electron chi connectivity index (χ0n) is 12.0. The summed E-state index contributed by atoms with van der Waals surface area (Å²) in [6.45, 7) is 4.83. The average molecular weight is 309 g/mol. The van der Waals surface area contributed by atoms with E-state index in [4.69, 9.17) is 0 Å². The van der Waals surface area contributed by atoms with Gasteiger partial charge < -0.3 is 9.88 Å². The van der Waals surface area contributed by atoms with Gasteiger partial charge in [-0.15, -0.1) is 0 Å². The summed E-state index contributed by atoms with van der Waals surface area (Å²) in [5, 5.41) is 3.02. The Labute approximate surface area is 124 Å². The highest BCUT2D eigenvalue weighted by Crippen LogP contribution is 2.17. The lowest BCUT2D eigenvalue weighted by atomic mass is 10.4. The van der Waals surface area contributed by atoms with Gasteiger partial charge in [-0.3, -0.25) is 0 Å². The zero-order chi connectivity index (χ0) is 15.3. The molecular formula is C13H19N5O2S. The summed E-state index contributed by atoms with van der Waals surface area (Å²) in [5.41, 5.74) is 0.502. The zero-order valence-corrected chi connectivity index (χ0v) is 12.8. The van der Waals surface area contributed by atoms with Crippen LogP contribution in [0.5, 0.6) is 0 Å². The molecule has 8 heteroatoms. The van der Waals surface area contributed by atoms with Crippen molar-refractivity contribution < 1.29 is 8.42 Å². The van der Waals surface area contributed by atoms with E-state index in [0.717, 1.165) is 0 Å². The maximum absolute atomic E-state index is 12.4. The van der Waals surface area contributed by atoms with Crippen LogP contribution in [0.3, 0.4) is 0 Å². The van der Waals surface area contributed by atoms with Gasteiger partial charge in [0.1, 0.15) is 0 Å². The fourth-order valence-corrected chi connectivity index (χ4v) is 3.34. The number of nitrogens with zero attached hydrogens (tertiary/aromatic N) is 3. The van der Waals surface area contributed by atoms with Crippen LogP contribution in [0, 0.1) is 0 Å². The molecule has 2 N–H and O–H groups in total. The van der Waals surface area contributed by atoms with Crippen molar-refractivity contribution in [2.24, 2.45) is 0 Å². The van der Waals surface area contributed by atoms with E-state index >= 15 is 0 Å².